The molecule has 2 aromatic carbocycles. The third-order valence-electron chi connectivity index (χ3n) is 5.39. The van der Waals surface area contributed by atoms with E-state index in [9.17, 15) is 19.3 Å². The molecule has 0 fully saturated rings. The van der Waals surface area contributed by atoms with Crippen LogP contribution in [0.5, 0.6) is 0 Å². The summed E-state index contributed by atoms with van der Waals surface area (Å²) in [5.74, 6) is 0.548. The van der Waals surface area contributed by atoms with Crippen LogP contribution in [0.3, 0.4) is 0 Å². The maximum Gasteiger partial charge on any atom is 0.269 e. The van der Waals surface area contributed by atoms with Gasteiger partial charge in [0.15, 0.2) is 11.6 Å². The van der Waals surface area contributed by atoms with Gasteiger partial charge in [0.1, 0.15) is 11.9 Å². The molecule has 1 aromatic heterocycles. The van der Waals surface area contributed by atoms with E-state index in [1.54, 1.807) is 28.9 Å². The highest BCUT2D eigenvalue weighted by Gasteiger charge is 2.37. The highest BCUT2D eigenvalue weighted by Crippen LogP contribution is 2.40. The van der Waals surface area contributed by atoms with Crippen molar-refractivity contribution in [3.63, 3.8) is 0 Å². The molecule has 0 saturated heterocycles. The van der Waals surface area contributed by atoms with Gasteiger partial charge in [0.2, 0.25) is 5.95 Å². The molecule has 150 valence electrons. The fourth-order valence-electron chi connectivity index (χ4n) is 3.96. The number of carbonyl (C=O) groups excluding carboxylic acids is 1. The molecule has 30 heavy (non-hydrogen) atoms. The summed E-state index contributed by atoms with van der Waals surface area (Å²) in [5.41, 5.74) is 2.74. The average Bonchev–Trinajstić information content (AvgIpc) is 3.16. The summed E-state index contributed by atoms with van der Waals surface area (Å²) < 4.78 is 14.9. The van der Waals surface area contributed by atoms with Crippen molar-refractivity contribution in [1.82, 2.24) is 14.8 Å². The van der Waals surface area contributed by atoms with Crippen molar-refractivity contribution < 1.29 is 14.1 Å². The zero-order valence-electron chi connectivity index (χ0n) is 15.7. The Morgan fingerprint density at radius 3 is 2.53 bits per heavy atom. The molecule has 9 heteroatoms. The minimum absolute atomic E-state index is 0.0246. The lowest BCUT2D eigenvalue weighted by Crippen LogP contribution is -2.31. The molecule has 8 nitrogen and oxygen atoms in total. The molecule has 1 aliphatic heterocycles. The number of ketones is 1. The van der Waals surface area contributed by atoms with Crippen molar-refractivity contribution in [1.29, 1.82) is 0 Å². The van der Waals surface area contributed by atoms with Gasteiger partial charge < -0.3 is 5.32 Å². The van der Waals surface area contributed by atoms with Crippen LogP contribution in [0.25, 0.3) is 11.4 Å². The number of anilines is 1. The Labute approximate surface area is 170 Å². The summed E-state index contributed by atoms with van der Waals surface area (Å²) in [7, 11) is 0. The second-order valence-electron chi connectivity index (χ2n) is 7.26. The highest BCUT2D eigenvalue weighted by molar-refractivity contribution is 5.99. The average molecular weight is 405 g/mol. The van der Waals surface area contributed by atoms with Crippen molar-refractivity contribution in [2.45, 2.75) is 25.3 Å². The van der Waals surface area contributed by atoms with Crippen molar-refractivity contribution in [2.75, 3.05) is 5.32 Å². The number of hydrogen-bond acceptors (Lipinski definition) is 6. The van der Waals surface area contributed by atoms with E-state index in [4.69, 9.17) is 0 Å². The lowest BCUT2D eigenvalue weighted by Gasteiger charge is -2.32. The number of rotatable bonds is 3. The van der Waals surface area contributed by atoms with Crippen molar-refractivity contribution >= 4 is 17.4 Å². The molecule has 0 bridgehead atoms. The standard InChI is InChI=1S/C21H16FN5O3/c22-14-8-4-13(5-9-14)20-24-21-23-16-2-1-3-17(28)18(16)19(26(21)25-20)12-6-10-15(11-7-12)27(29)30/h4-11,19H,1-3H2,(H,23,24,25). The smallest absolute Gasteiger partial charge is 0.269 e. The molecule has 0 radical (unpaired) electrons. The molecule has 2 aliphatic rings. The molecular formula is C21H16FN5O3. The molecule has 1 unspecified atom stereocenters. The van der Waals surface area contributed by atoms with E-state index >= 15 is 0 Å². The normalized spacial score (nSPS) is 17.9. The van der Waals surface area contributed by atoms with Crippen LogP contribution in [0.4, 0.5) is 16.0 Å². The van der Waals surface area contributed by atoms with E-state index < -0.39 is 11.0 Å². The molecule has 0 amide bonds. The third-order valence-corrected chi connectivity index (χ3v) is 5.39. The number of nitro benzene ring substituents is 1. The van der Waals surface area contributed by atoms with Gasteiger partial charge >= 0.3 is 0 Å². The third kappa shape index (κ3) is 2.95. The van der Waals surface area contributed by atoms with Gasteiger partial charge in [-0.1, -0.05) is 0 Å². The highest BCUT2D eigenvalue weighted by atomic mass is 19.1. The van der Waals surface area contributed by atoms with Gasteiger partial charge in [-0.25, -0.2) is 9.07 Å². The van der Waals surface area contributed by atoms with Crippen molar-refractivity contribution in [3.05, 3.63) is 81.3 Å². The Balaban J connectivity index is 1.64. The first-order valence-corrected chi connectivity index (χ1v) is 9.51. The number of carbonyl (C=O) groups is 1. The number of allylic oxidation sites excluding steroid dienone is 2. The summed E-state index contributed by atoms with van der Waals surface area (Å²) in [6.07, 6.45) is 1.90. The quantitative estimate of drug-likeness (QED) is 0.522. The number of non-ortho nitro benzene ring substituents is 1. The number of aromatic nitrogens is 3. The van der Waals surface area contributed by atoms with Crippen LogP contribution in [0.2, 0.25) is 0 Å². The number of Topliss-reactive ketones (excluding diaryl/α,β-unsaturated/α-hetero) is 1. The van der Waals surface area contributed by atoms with Gasteiger partial charge in [-0.15, -0.1) is 5.10 Å². The molecule has 1 aliphatic carbocycles. The van der Waals surface area contributed by atoms with Gasteiger partial charge in [0.05, 0.1) is 4.92 Å². The number of nitrogens with zero attached hydrogens (tertiary/aromatic N) is 4. The Hall–Kier alpha value is -3.88. The van der Waals surface area contributed by atoms with E-state index in [-0.39, 0.29) is 17.3 Å². The maximum atomic E-state index is 13.3. The minimum Gasteiger partial charge on any atom is -0.328 e. The Morgan fingerprint density at radius 2 is 1.83 bits per heavy atom. The number of nitro groups is 1. The molecule has 3 aromatic rings. The summed E-state index contributed by atoms with van der Waals surface area (Å²) in [6.45, 7) is 0. The molecular weight excluding hydrogens is 389 g/mol. The Bertz CT molecular complexity index is 1200. The van der Waals surface area contributed by atoms with Crippen LogP contribution in [-0.4, -0.2) is 25.5 Å². The second kappa shape index (κ2) is 6.87. The summed E-state index contributed by atoms with van der Waals surface area (Å²) in [4.78, 5) is 27.9. The predicted octanol–water partition coefficient (Wildman–Crippen LogP) is 4.01. The van der Waals surface area contributed by atoms with Crippen LogP contribution >= 0.6 is 0 Å². The number of halogens is 1. The zero-order chi connectivity index (χ0) is 20.8. The van der Waals surface area contributed by atoms with Crippen molar-refractivity contribution in [3.8, 4) is 11.4 Å². The molecule has 1 atom stereocenters. The summed E-state index contributed by atoms with van der Waals surface area (Å²) in [6, 6.07) is 11.4. The van der Waals surface area contributed by atoms with Gasteiger partial charge in [-0.05, 0) is 54.8 Å². The zero-order valence-corrected chi connectivity index (χ0v) is 15.7. The van der Waals surface area contributed by atoms with Crippen LogP contribution < -0.4 is 5.32 Å². The van der Waals surface area contributed by atoms with Gasteiger partial charge in [-0.3, -0.25) is 14.9 Å². The van der Waals surface area contributed by atoms with Gasteiger partial charge in [-0.2, -0.15) is 4.98 Å². The number of hydrogen-bond donors (Lipinski definition) is 1. The fourth-order valence-corrected chi connectivity index (χ4v) is 3.96. The topological polar surface area (TPSA) is 103 Å². The summed E-state index contributed by atoms with van der Waals surface area (Å²) >= 11 is 0. The monoisotopic (exact) mass is 405 g/mol. The van der Waals surface area contributed by atoms with E-state index in [1.165, 1.54) is 24.3 Å². The van der Waals surface area contributed by atoms with Crippen LogP contribution in [-0.2, 0) is 4.79 Å². The minimum atomic E-state index is -0.536. The maximum absolute atomic E-state index is 13.3. The molecule has 2 heterocycles. The SMILES string of the molecule is O=C1CCCC2=C1C(c1ccc([N+](=O)[O-])cc1)n1nc(-c3ccc(F)cc3)nc1N2. The van der Waals surface area contributed by atoms with Gasteiger partial charge in [0.25, 0.3) is 5.69 Å². The number of nitrogens with one attached hydrogen (secondary N) is 1. The van der Waals surface area contributed by atoms with Gasteiger partial charge in [0, 0.05) is 35.4 Å². The summed E-state index contributed by atoms with van der Waals surface area (Å²) in [5, 5.41) is 18.8. The molecule has 5 rings (SSSR count). The number of benzene rings is 2. The second-order valence-corrected chi connectivity index (χ2v) is 7.26. The van der Waals surface area contributed by atoms with E-state index in [1.807, 2.05) is 0 Å². The fraction of sp³-hybridized carbons (Fsp3) is 0.190. The number of fused-ring (bicyclic) bond motifs is 1. The first kappa shape index (κ1) is 18.2. The Kier molecular flexibility index (Phi) is 4.16. The van der Waals surface area contributed by atoms with Crippen LogP contribution in [0.1, 0.15) is 30.9 Å². The van der Waals surface area contributed by atoms with E-state index in [0.717, 1.165) is 12.1 Å². The first-order valence-electron chi connectivity index (χ1n) is 9.51. The van der Waals surface area contributed by atoms with Crippen LogP contribution in [0.15, 0.2) is 59.8 Å². The molecule has 0 spiro atoms. The van der Waals surface area contributed by atoms with Crippen molar-refractivity contribution in [2.24, 2.45) is 0 Å². The first-order chi connectivity index (χ1) is 14.5. The molecule has 1 N–H and O–H groups in total. The lowest BCUT2D eigenvalue weighted by atomic mass is 9.85. The largest absolute Gasteiger partial charge is 0.328 e. The lowest BCUT2D eigenvalue weighted by molar-refractivity contribution is -0.384. The predicted molar refractivity (Wildman–Crippen MR) is 106 cm³/mol. The van der Waals surface area contributed by atoms with E-state index in [0.29, 0.717) is 41.3 Å². The van der Waals surface area contributed by atoms with E-state index in [2.05, 4.69) is 15.4 Å². The Morgan fingerprint density at radius 1 is 1.10 bits per heavy atom. The molecule has 0 saturated carbocycles. The van der Waals surface area contributed by atoms with Crippen LogP contribution in [0, 0.1) is 15.9 Å².